The van der Waals surface area contributed by atoms with Crippen LogP contribution in [0.15, 0.2) is 12.2 Å². The van der Waals surface area contributed by atoms with E-state index in [0.29, 0.717) is 5.92 Å². The smallest absolute Gasteiger partial charge is 0.303 e. The van der Waals surface area contributed by atoms with Crippen LogP contribution in [0.25, 0.3) is 0 Å². The lowest BCUT2D eigenvalue weighted by atomic mass is 9.58. The number of carbonyl (C=O) groups is 2. The van der Waals surface area contributed by atoms with Crippen LogP contribution in [0, 0.1) is 22.2 Å². The van der Waals surface area contributed by atoms with Gasteiger partial charge in [0.1, 0.15) is 6.10 Å². The Kier molecular flexibility index (Phi) is 3.48. The normalized spacial score (nSPS) is 48.0. The number of fused-ring (bicyclic) bond motifs is 5. The van der Waals surface area contributed by atoms with Crippen LogP contribution in [0.3, 0.4) is 0 Å². The lowest BCUT2D eigenvalue weighted by Gasteiger charge is -2.49. The molecule has 0 saturated heterocycles. The summed E-state index contributed by atoms with van der Waals surface area (Å²) in [6, 6.07) is 0. The van der Waals surface area contributed by atoms with Crippen molar-refractivity contribution in [1.29, 1.82) is 0 Å². The van der Waals surface area contributed by atoms with Gasteiger partial charge in [0.2, 0.25) is 0 Å². The highest BCUT2D eigenvalue weighted by atomic mass is 16.6. The quantitative estimate of drug-likeness (QED) is 0.576. The summed E-state index contributed by atoms with van der Waals surface area (Å²) in [5.41, 5.74) is 0.919. The van der Waals surface area contributed by atoms with E-state index in [4.69, 9.17) is 9.47 Å². The summed E-state index contributed by atoms with van der Waals surface area (Å²) in [6.45, 7) is 14.0. The van der Waals surface area contributed by atoms with Crippen LogP contribution in [0.5, 0.6) is 0 Å². The van der Waals surface area contributed by atoms with Crippen LogP contribution in [0.2, 0.25) is 0 Å². The fourth-order valence-electron chi connectivity index (χ4n) is 6.13. The Morgan fingerprint density at radius 2 is 1.65 bits per heavy atom. The van der Waals surface area contributed by atoms with Gasteiger partial charge in [-0.25, -0.2) is 0 Å². The van der Waals surface area contributed by atoms with Gasteiger partial charge in [-0.3, -0.25) is 9.59 Å². The molecule has 0 unspecified atom stereocenters. The van der Waals surface area contributed by atoms with Gasteiger partial charge in [0, 0.05) is 19.3 Å². The molecule has 0 N–H and O–H groups in total. The van der Waals surface area contributed by atoms with Crippen LogP contribution >= 0.6 is 0 Å². The Balaban J connectivity index is 2.12. The lowest BCUT2D eigenvalue weighted by Crippen LogP contribution is -2.54. The number of hydrogen-bond acceptors (Lipinski definition) is 4. The molecule has 0 radical (unpaired) electrons. The first-order valence-corrected chi connectivity index (χ1v) is 8.60. The number of esters is 2. The van der Waals surface area contributed by atoms with Crippen LogP contribution in [-0.2, 0) is 19.1 Å². The number of ether oxygens (including phenoxy) is 2. The van der Waals surface area contributed by atoms with Crippen molar-refractivity contribution < 1.29 is 19.1 Å². The Morgan fingerprint density at radius 3 is 2.22 bits per heavy atom. The van der Waals surface area contributed by atoms with Crippen LogP contribution in [-0.4, -0.2) is 24.1 Å². The summed E-state index contributed by atoms with van der Waals surface area (Å²) in [5.74, 6) is -0.357. The average molecular weight is 320 g/mol. The predicted octanol–water partition coefficient (Wildman–Crippen LogP) is 3.64. The van der Waals surface area contributed by atoms with Gasteiger partial charge in [0.05, 0.1) is 0 Å². The van der Waals surface area contributed by atoms with Crippen molar-refractivity contribution in [2.75, 3.05) is 0 Å². The van der Waals surface area contributed by atoms with E-state index in [1.807, 2.05) is 0 Å². The van der Waals surface area contributed by atoms with Gasteiger partial charge in [-0.15, -0.1) is 0 Å². The summed E-state index contributed by atoms with van der Waals surface area (Å²) >= 11 is 0. The Labute approximate surface area is 138 Å². The van der Waals surface area contributed by atoms with Gasteiger partial charge >= 0.3 is 11.9 Å². The van der Waals surface area contributed by atoms with Crippen LogP contribution in [0.1, 0.15) is 60.3 Å². The van der Waals surface area contributed by atoms with Crippen LogP contribution < -0.4 is 0 Å². The summed E-state index contributed by atoms with van der Waals surface area (Å²) in [6.07, 6.45) is 3.44. The molecule has 4 nitrogen and oxygen atoms in total. The monoisotopic (exact) mass is 320 g/mol. The molecule has 0 amide bonds. The molecule has 3 aliphatic carbocycles. The minimum atomic E-state index is -0.528. The standard InChI is InChI=1S/C19H28O4/c1-11-14-10-18(5,19(6)9-7-8-17(14,19)4)16(23-13(3)21)15(11)22-12(2)20/h14-16H,1,7-10H2,2-6H3/t14-,15+,16+,17+,18+,19+/m1/s1. The van der Waals surface area contributed by atoms with Gasteiger partial charge in [-0.2, -0.15) is 0 Å². The van der Waals surface area contributed by atoms with E-state index in [0.717, 1.165) is 24.8 Å². The molecule has 0 aromatic carbocycles. The highest BCUT2D eigenvalue weighted by Crippen LogP contribution is 2.77. The number of carbonyl (C=O) groups excluding carboxylic acids is 2. The first kappa shape index (κ1) is 16.5. The topological polar surface area (TPSA) is 52.6 Å². The highest BCUT2D eigenvalue weighted by molar-refractivity contribution is 5.68. The van der Waals surface area contributed by atoms with E-state index < -0.39 is 12.2 Å². The van der Waals surface area contributed by atoms with E-state index in [1.165, 1.54) is 20.3 Å². The zero-order valence-electron chi connectivity index (χ0n) is 14.9. The average Bonchev–Trinajstić information content (AvgIpc) is 2.81. The predicted molar refractivity (Wildman–Crippen MR) is 86.5 cm³/mol. The van der Waals surface area contributed by atoms with Crippen molar-refractivity contribution in [1.82, 2.24) is 0 Å². The molecule has 2 bridgehead atoms. The number of rotatable bonds is 2. The molecule has 3 saturated carbocycles. The molecule has 23 heavy (non-hydrogen) atoms. The SMILES string of the molecule is C=C1[C@H]2C[C@@](C)([C@@H](OC(C)=O)[C@H]1OC(C)=O)[C@@]1(C)CCC[C@@]21C. The summed E-state index contributed by atoms with van der Waals surface area (Å²) in [4.78, 5) is 23.4. The zero-order valence-corrected chi connectivity index (χ0v) is 14.9. The second-order valence-corrected chi connectivity index (χ2v) is 8.41. The fraction of sp³-hybridized carbons (Fsp3) is 0.789. The minimum absolute atomic E-state index is 0.0582. The molecule has 0 spiro atoms. The van der Waals surface area contributed by atoms with Crippen molar-refractivity contribution in [3.05, 3.63) is 12.2 Å². The van der Waals surface area contributed by atoms with Crippen molar-refractivity contribution in [2.45, 2.75) is 72.5 Å². The third-order valence-electron chi connectivity index (χ3n) is 7.59. The van der Waals surface area contributed by atoms with Crippen LogP contribution in [0.4, 0.5) is 0 Å². The molecule has 0 aromatic heterocycles. The van der Waals surface area contributed by atoms with E-state index in [1.54, 1.807) is 0 Å². The largest absolute Gasteiger partial charge is 0.458 e. The Morgan fingerprint density at radius 1 is 1.04 bits per heavy atom. The summed E-state index contributed by atoms with van der Waals surface area (Å²) in [5, 5.41) is 0. The summed E-state index contributed by atoms with van der Waals surface area (Å²) in [7, 11) is 0. The maximum Gasteiger partial charge on any atom is 0.303 e. The zero-order chi connectivity index (χ0) is 17.2. The molecule has 128 valence electrons. The van der Waals surface area contributed by atoms with Crippen molar-refractivity contribution in [2.24, 2.45) is 22.2 Å². The first-order chi connectivity index (χ1) is 10.6. The maximum absolute atomic E-state index is 11.8. The highest BCUT2D eigenvalue weighted by Gasteiger charge is 2.74. The van der Waals surface area contributed by atoms with E-state index in [-0.39, 0.29) is 28.2 Å². The fourth-order valence-corrected chi connectivity index (χ4v) is 6.13. The molecule has 3 aliphatic rings. The molecule has 0 heterocycles. The van der Waals surface area contributed by atoms with E-state index in [9.17, 15) is 9.59 Å². The third-order valence-corrected chi connectivity index (χ3v) is 7.59. The number of hydrogen-bond donors (Lipinski definition) is 0. The second-order valence-electron chi connectivity index (χ2n) is 8.41. The van der Waals surface area contributed by atoms with Gasteiger partial charge in [-0.05, 0) is 41.6 Å². The van der Waals surface area contributed by atoms with E-state index >= 15 is 0 Å². The molecule has 3 rings (SSSR count). The summed E-state index contributed by atoms with van der Waals surface area (Å²) < 4.78 is 11.4. The molecule has 4 heteroatoms. The Hall–Kier alpha value is -1.32. The first-order valence-electron chi connectivity index (χ1n) is 8.60. The van der Waals surface area contributed by atoms with Gasteiger partial charge < -0.3 is 9.47 Å². The molecular formula is C19H28O4. The van der Waals surface area contributed by atoms with Gasteiger partial charge in [-0.1, -0.05) is 33.8 Å². The van der Waals surface area contributed by atoms with E-state index in [2.05, 4.69) is 27.4 Å². The second kappa shape index (κ2) is 4.84. The van der Waals surface area contributed by atoms with Gasteiger partial charge in [0.15, 0.2) is 6.10 Å². The molecular weight excluding hydrogens is 292 g/mol. The van der Waals surface area contributed by atoms with Crippen molar-refractivity contribution in [3.8, 4) is 0 Å². The maximum atomic E-state index is 11.8. The van der Waals surface area contributed by atoms with Crippen molar-refractivity contribution in [3.63, 3.8) is 0 Å². The third kappa shape index (κ3) is 1.90. The molecule has 3 fully saturated rings. The molecule has 0 aliphatic heterocycles. The molecule has 0 aromatic rings. The Bertz CT molecular complexity index is 582. The van der Waals surface area contributed by atoms with Crippen molar-refractivity contribution >= 4 is 11.9 Å². The molecule has 6 atom stereocenters. The van der Waals surface area contributed by atoms with Gasteiger partial charge in [0.25, 0.3) is 0 Å². The minimum Gasteiger partial charge on any atom is -0.458 e. The lowest BCUT2D eigenvalue weighted by molar-refractivity contribution is -0.184.